The van der Waals surface area contributed by atoms with Gasteiger partial charge in [-0.1, -0.05) is 27.7 Å². The lowest BCUT2D eigenvalue weighted by molar-refractivity contribution is 0.0815. The first-order chi connectivity index (χ1) is 9.09. The quantitative estimate of drug-likeness (QED) is 0.698. The van der Waals surface area contributed by atoms with Crippen molar-refractivity contribution >= 4 is 0 Å². The van der Waals surface area contributed by atoms with Gasteiger partial charge >= 0.3 is 0 Å². The monoisotopic (exact) mass is 266 g/mol. The van der Waals surface area contributed by atoms with Crippen molar-refractivity contribution in [1.29, 1.82) is 0 Å². The molecule has 0 aliphatic carbocycles. The summed E-state index contributed by atoms with van der Waals surface area (Å²) in [6.45, 7) is 11.3. The maximum absolute atomic E-state index is 5.75. The fourth-order valence-electron chi connectivity index (χ4n) is 1.53. The molecule has 0 fully saturated rings. The zero-order valence-corrected chi connectivity index (χ0v) is 12.5. The van der Waals surface area contributed by atoms with Gasteiger partial charge in [0, 0.05) is 37.2 Å². The molecule has 0 amide bonds. The minimum Gasteiger partial charge on any atom is -0.491 e. The van der Waals surface area contributed by atoms with Crippen LogP contribution in [0.2, 0.25) is 0 Å². The first-order valence-corrected chi connectivity index (χ1v) is 6.96. The van der Waals surface area contributed by atoms with Gasteiger partial charge in [-0.05, 0) is 12.0 Å². The van der Waals surface area contributed by atoms with Gasteiger partial charge in [-0.15, -0.1) is 0 Å². The number of aromatic nitrogens is 1. The zero-order chi connectivity index (χ0) is 14.1. The summed E-state index contributed by atoms with van der Waals surface area (Å²) in [6, 6.07) is 2.35. The van der Waals surface area contributed by atoms with E-state index in [0.717, 1.165) is 24.5 Å². The molecule has 0 bridgehead atoms. The van der Waals surface area contributed by atoms with Crippen molar-refractivity contribution in [1.82, 2.24) is 10.3 Å². The summed E-state index contributed by atoms with van der Waals surface area (Å²) in [4.78, 5) is 4.14. The van der Waals surface area contributed by atoms with Crippen molar-refractivity contribution in [2.75, 3.05) is 19.8 Å². The Hall–Kier alpha value is -1.13. The SMILES string of the molecule is CC(C)COCCOc1ccncc1CNC(C)C. The van der Waals surface area contributed by atoms with E-state index < -0.39 is 0 Å². The smallest absolute Gasteiger partial charge is 0.126 e. The molecule has 1 aromatic heterocycles. The number of nitrogens with one attached hydrogen (secondary N) is 1. The summed E-state index contributed by atoms with van der Waals surface area (Å²) in [6.07, 6.45) is 3.60. The standard InChI is InChI=1S/C15H26N2O2/c1-12(2)11-18-7-8-19-15-5-6-16-9-14(15)10-17-13(3)4/h5-6,9,12-13,17H,7-8,10-11H2,1-4H3. The van der Waals surface area contributed by atoms with E-state index in [1.165, 1.54) is 0 Å². The van der Waals surface area contributed by atoms with Crippen LogP contribution in [0, 0.1) is 5.92 Å². The number of rotatable bonds is 9. The van der Waals surface area contributed by atoms with Crippen LogP contribution < -0.4 is 10.1 Å². The largest absolute Gasteiger partial charge is 0.491 e. The Morgan fingerprint density at radius 1 is 1.21 bits per heavy atom. The Morgan fingerprint density at radius 3 is 2.68 bits per heavy atom. The van der Waals surface area contributed by atoms with Crippen LogP contribution >= 0.6 is 0 Å². The second kappa shape index (κ2) is 8.88. The van der Waals surface area contributed by atoms with Crippen LogP contribution in [0.1, 0.15) is 33.3 Å². The van der Waals surface area contributed by atoms with E-state index in [4.69, 9.17) is 9.47 Å². The van der Waals surface area contributed by atoms with Crippen LogP contribution in [-0.2, 0) is 11.3 Å². The normalized spacial score (nSPS) is 11.3. The Balaban J connectivity index is 2.35. The Kier molecular flexibility index (Phi) is 7.45. The molecule has 4 heteroatoms. The highest BCUT2D eigenvalue weighted by Crippen LogP contribution is 2.16. The van der Waals surface area contributed by atoms with Gasteiger partial charge < -0.3 is 14.8 Å². The fourth-order valence-corrected chi connectivity index (χ4v) is 1.53. The van der Waals surface area contributed by atoms with Crippen LogP contribution in [0.4, 0.5) is 0 Å². The summed E-state index contributed by atoms with van der Waals surface area (Å²) in [5.74, 6) is 1.45. The van der Waals surface area contributed by atoms with Crippen LogP contribution in [0.3, 0.4) is 0 Å². The lowest BCUT2D eigenvalue weighted by Gasteiger charge is -2.13. The van der Waals surface area contributed by atoms with E-state index in [1.807, 2.05) is 12.3 Å². The average molecular weight is 266 g/mol. The van der Waals surface area contributed by atoms with Crippen LogP contribution in [0.15, 0.2) is 18.5 Å². The molecule has 0 saturated carbocycles. The molecule has 0 spiro atoms. The molecule has 108 valence electrons. The Morgan fingerprint density at radius 2 is 2.00 bits per heavy atom. The lowest BCUT2D eigenvalue weighted by Crippen LogP contribution is -2.22. The van der Waals surface area contributed by atoms with Crippen molar-refractivity contribution in [3.05, 3.63) is 24.0 Å². The minimum absolute atomic E-state index is 0.447. The molecule has 1 N–H and O–H groups in total. The first kappa shape index (κ1) is 15.9. The highest BCUT2D eigenvalue weighted by Gasteiger charge is 2.04. The number of hydrogen-bond acceptors (Lipinski definition) is 4. The molecule has 0 aliphatic rings. The van der Waals surface area contributed by atoms with Gasteiger partial charge in [-0.2, -0.15) is 0 Å². The van der Waals surface area contributed by atoms with Gasteiger partial charge in [0.1, 0.15) is 12.4 Å². The molecule has 0 radical (unpaired) electrons. The predicted octanol–water partition coefficient (Wildman–Crippen LogP) is 2.63. The molecular formula is C15H26N2O2. The summed E-state index contributed by atoms with van der Waals surface area (Å²) < 4.78 is 11.2. The van der Waals surface area contributed by atoms with Gasteiger partial charge in [0.05, 0.1) is 6.61 Å². The number of hydrogen-bond donors (Lipinski definition) is 1. The highest BCUT2D eigenvalue weighted by atomic mass is 16.5. The number of pyridine rings is 1. The summed E-state index contributed by atoms with van der Waals surface area (Å²) >= 11 is 0. The fraction of sp³-hybridized carbons (Fsp3) is 0.667. The van der Waals surface area contributed by atoms with Gasteiger partial charge in [0.15, 0.2) is 0 Å². The summed E-state index contributed by atoms with van der Waals surface area (Å²) in [5, 5.41) is 3.37. The predicted molar refractivity (Wildman–Crippen MR) is 77.4 cm³/mol. The van der Waals surface area contributed by atoms with Gasteiger partial charge in [-0.25, -0.2) is 0 Å². The third-order valence-corrected chi connectivity index (χ3v) is 2.50. The first-order valence-electron chi connectivity index (χ1n) is 6.96. The molecule has 0 atom stereocenters. The van der Waals surface area contributed by atoms with Gasteiger partial charge in [0.25, 0.3) is 0 Å². The van der Waals surface area contributed by atoms with E-state index in [1.54, 1.807) is 6.20 Å². The molecule has 0 saturated heterocycles. The second-order valence-corrected chi connectivity index (χ2v) is 5.34. The summed E-state index contributed by atoms with van der Waals surface area (Å²) in [7, 11) is 0. The Labute approximate surface area is 116 Å². The van der Waals surface area contributed by atoms with Crippen LogP contribution in [0.25, 0.3) is 0 Å². The van der Waals surface area contributed by atoms with Gasteiger partial charge in [0.2, 0.25) is 0 Å². The molecule has 4 nitrogen and oxygen atoms in total. The molecule has 0 aromatic carbocycles. The highest BCUT2D eigenvalue weighted by molar-refractivity contribution is 5.29. The van der Waals surface area contributed by atoms with Crippen molar-refractivity contribution in [2.45, 2.75) is 40.3 Å². The van der Waals surface area contributed by atoms with E-state index in [2.05, 4.69) is 38.0 Å². The topological polar surface area (TPSA) is 43.4 Å². The summed E-state index contributed by atoms with van der Waals surface area (Å²) in [5.41, 5.74) is 1.08. The number of ether oxygens (including phenoxy) is 2. The van der Waals surface area contributed by atoms with Crippen molar-refractivity contribution in [2.24, 2.45) is 5.92 Å². The third-order valence-electron chi connectivity index (χ3n) is 2.50. The molecule has 1 rings (SSSR count). The van der Waals surface area contributed by atoms with E-state index in [0.29, 0.717) is 25.2 Å². The molecule has 0 unspecified atom stereocenters. The van der Waals surface area contributed by atoms with Gasteiger partial charge in [-0.3, -0.25) is 4.98 Å². The Bertz CT molecular complexity index is 354. The molecular weight excluding hydrogens is 240 g/mol. The van der Waals surface area contributed by atoms with Crippen LogP contribution in [0.5, 0.6) is 5.75 Å². The van der Waals surface area contributed by atoms with Crippen molar-refractivity contribution < 1.29 is 9.47 Å². The number of nitrogens with zero attached hydrogens (tertiary/aromatic N) is 1. The molecule has 19 heavy (non-hydrogen) atoms. The lowest BCUT2D eigenvalue weighted by atomic mass is 10.2. The van der Waals surface area contributed by atoms with Crippen molar-refractivity contribution in [3.63, 3.8) is 0 Å². The molecule has 1 heterocycles. The molecule has 0 aliphatic heterocycles. The second-order valence-electron chi connectivity index (χ2n) is 5.34. The minimum atomic E-state index is 0.447. The van der Waals surface area contributed by atoms with E-state index in [-0.39, 0.29) is 0 Å². The maximum atomic E-state index is 5.75. The third kappa shape index (κ3) is 7.13. The molecule has 1 aromatic rings. The maximum Gasteiger partial charge on any atom is 0.126 e. The zero-order valence-electron chi connectivity index (χ0n) is 12.5. The average Bonchev–Trinajstić information content (AvgIpc) is 2.36. The van der Waals surface area contributed by atoms with Crippen LogP contribution in [-0.4, -0.2) is 30.8 Å². The van der Waals surface area contributed by atoms with Crippen molar-refractivity contribution in [3.8, 4) is 5.75 Å². The van der Waals surface area contributed by atoms with E-state index >= 15 is 0 Å². The van der Waals surface area contributed by atoms with E-state index in [9.17, 15) is 0 Å².